The highest BCUT2D eigenvalue weighted by Gasteiger charge is 2.06. The Kier molecular flexibility index (Phi) is 4.07. The smallest absolute Gasteiger partial charge is 0.256 e. The van der Waals surface area contributed by atoms with Gasteiger partial charge >= 0.3 is 0 Å². The van der Waals surface area contributed by atoms with Crippen LogP contribution in [0.5, 0.6) is 0 Å². The summed E-state index contributed by atoms with van der Waals surface area (Å²) in [5, 5.41) is 13.8. The number of rotatable bonds is 4. The number of carbonyl (C=O) groups is 1. The van der Waals surface area contributed by atoms with Crippen LogP contribution in [-0.2, 0) is 0 Å². The minimum absolute atomic E-state index is 0.195. The lowest BCUT2D eigenvalue weighted by atomic mass is 10.2. The van der Waals surface area contributed by atoms with Crippen LogP contribution in [-0.4, -0.2) is 22.1 Å². The zero-order valence-electron chi connectivity index (χ0n) is 10.9. The molecule has 5 nitrogen and oxygen atoms in total. The van der Waals surface area contributed by atoms with Gasteiger partial charge in [-0.2, -0.15) is 0 Å². The second-order valence-corrected chi connectivity index (χ2v) is 4.42. The monoisotopic (exact) mass is 256 g/mol. The Morgan fingerprint density at radius 3 is 2.21 bits per heavy atom. The van der Waals surface area contributed by atoms with Gasteiger partial charge in [0.25, 0.3) is 5.91 Å². The third-order valence-electron chi connectivity index (χ3n) is 2.38. The standard InChI is InChI=1S/C14H16N4O/c1-10(2)15-12-8-9-13(18-17-12)16-14(19)11-6-4-3-5-7-11/h3-10H,1-2H3,(H,15,17)(H,16,18,19). The fraction of sp³-hybridized carbons (Fsp3) is 0.214. The molecule has 0 spiro atoms. The van der Waals surface area contributed by atoms with Gasteiger partial charge in [0, 0.05) is 11.6 Å². The number of nitrogens with one attached hydrogen (secondary N) is 2. The summed E-state index contributed by atoms with van der Waals surface area (Å²) in [5.74, 6) is 0.926. The van der Waals surface area contributed by atoms with Gasteiger partial charge in [-0.15, -0.1) is 10.2 Å². The molecule has 19 heavy (non-hydrogen) atoms. The molecule has 1 heterocycles. The topological polar surface area (TPSA) is 66.9 Å². The van der Waals surface area contributed by atoms with Crippen LogP contribution in [0.3, 0.4) is 0 Å². The molecule has 1 aromatic carbocycles. The van der Waals surface area contributed by atoms with Gasteiger partial charge in [-0.1, -0.05) is 18.2 Å². The normalized spacial score (nSPS) is 10.3. The molecule has 1 amide bonds. The quantitative estimate of drug-likeness (QED) is 0.882. The average Bonchev–Trinajstić information content (AvgIpc) is 2.41. The third-order valence-corrected chi connectivity index (χ3v) is 2.38. The van der Waals surface area contributed by atoms with E-state index in [9.17, 15) is 4.79 Å². The van der Waals surface area contributed by atoms with Crippen LogP contribution in [0.2, 0.25) is 0 Å². The van der Waals surface area contributed by atoms with Crippen molar-refractivity contribution in [3.63, 3.8) is 0 Å². The van der Waals surface area contributed by atoms with E-state index in [-0.39, 0.29) is 5.91 Å². The van der Waals surface area contributed by atoms with E-state index < -0.39 is 0 Å². The summed E-state index contributed by atoms with van der Waals surface area (Å²) in [6.07, 6.45) is 0. The summed E-state index contributed by atoms with van der Waals surface area (Å²) in [6, 6.07) is 12.8. The molecular formula is C14H16N4O. The lowest BCUT2D eigenvalue weighted by Gasteiger charge is -2.08. The Balaban J connectivity index is 2.02. The van der Waals surface area contributed by atoms with Crippen LogP contribution < -0.4 is 10.6 Å². The van der Waals surface area contributed by atoms with Crippen molar-refractivity contribution in [2.75, 3.05) is 10.6 Å². The zero-order chi connectivity index (χ0) is 13.7. The Morgan fingerprint density at radius 2 is 1.63 bits per heavy atom. The molecule has 0 radical (unpaired) electrons. The van der Waals surface area contributed by atoms with E-state index in [4.69, 9.17) is 0 Å². The zero-order valence-corrected chi connectivity index (χ0v) is 10.9. The minimum Gasteiger partial charge on any atom is -0.366 e. The summed E-state index contributed by atoms with van der Waals surface area (Å²) >= 11 is 0. The number of hydrogen-bond acceptors (Lipinski definition) is 4. The molecule has 0 bridgehead atoms. The molecule has 0 atom stereocenters. The molecular weight excluding hydrogens is 240 g/mol. The molecule has 0 saturated heterocycles. The van der Waals surface area contributed by atoms with Gasteiger partial charge in [0.2, 0.25) is 0 Å². The lowest BCUT2D eigenvalue weighted by Crippen LogP contribution is -2.15. The van der Waals surface area contributed by atoms with Crippen molar-refractivity contribution in [1.82, 2.24) is 10.2 Å². The van der Waals surface area contributed by atoms with Crippen LogP contribution in [0.4, 0.5) is 11.6 Å². The Morgan fingerprint density at radius 1 is 1.00 bits per heavy atom. The van der Waals surface area contributed by atoms with E-state index in [1.165, 1.54) is 0 Å². The molecule has 0 aliphatic rings. The van der Waals surface area contributed by atoms with Crippen molar-refractivity contribution < 1.29 is 4.79 Å². The highest BCUT2D eigenvalue weighted by atomic mass is 16.1. The van der Waals surface area contributed by atoms with Gasteiger partial charge in [0.05, 0.1) is 0 Å². The Labute approximate surface area is 112 Å². The summed E-state index contributed by atoms with van der Waals surface area (Å²) in [4.78, 5) is 11.9. The predicted octanol–water partition coefficient (Wildman–Crippen LogP) is 2.55. The summed E-state index contributed by atoms with van der Waals surface area (Å²) in [6.45, 7) is 4.04. The first-order valence-corrected chi connectivity index (χ1v) is 6.12. The number of hydrogen-bond donors (Lipinski definition) is 2. The van der Waals surface area contributed by atoms with Crippen LogP contribution in [0.25, 0.3) is 0 Å². The number of amides is 1. The molecule has 2 N–H and O–H groups in total. The van der Waals surface area contributed by atoms with Crippen molar-refractivity contribution >= 4 is 17.5 Å². The van der Waals surface area contributed by atoms with Crippen LogP contribution in [0.15, 0.2) is 42.5 Å². The first-order chi connectivity index (χ1) is 9.15. The minimum atomic E-state index is -0.195. The van der Waals surface area contributed by atoms with Crippen molar-refractivity contribution in [2.24, 2.45) is 0 Å². The largest absolute Gasteiger partial charge is 0.366 e. The van der Waals surface area contributed by atoms with E-state index in [0.29, 0.717) is 23.2 Å². The summed E-state index contributed by atoms with van der Waals surface area (Å²) in [7, 11) is 0. The first-order valence-electron chi connectivity index (χ1n) is 6.12. The van der Waals surface area contributed by atoms with E-state index in [1.807, 2.05) is 32.0 Å². The summed E-state index contributed by atoms with van der Waals surface area (Å²) in [5.41, 5.74) is 0.591. The third kappa shape index (κ3) is 3.77. The van der Waals surface area contributed by atoms with Crippen molar-refractivity contribution in [3.05, 3.63) is 48.0 Å². The van der Waals surface area contributed by atoms with Gasteiger partial charge in [0.15, 0.2) is 5.82 Å². The summed E-state index contributed by atoms with van der Waals surface area (Å²) < 4.78 is 0. The first kappa shape index (κ1) is 13.0. The number of carbonyl (C=O) groups excluding carboxylic acids is 1. The fourth-order valence-electron chi connectivity index (χ4n) is 1.55. The van der Waals surface area contributed by atoms with Crippen molar-refractivity contribution in [3.8, 4) is 0 Å². The maximum absolute atomic E-state index is 11.9. The predicted molar refractivity (Wildman–Crippen MR) is 75.2 cm³/mol. The molecule has 0 saturated carbocycles. The Bertz CT molecular complexity index is 537. The number of anilines is 2. The van der Waals surface area contributed by atoms with Gasteiger partial charge in [-0.05, 0) is 38.1 Å². The molecule has 0 aliphatic heterocycles. The fourth-order valence-corrected chi connectivity index (χ4v) is 1.55. The second kappa shape index (κ2) is 5.95. The van der Waals surface area contributed by atoms with Crippen molar-refractivity contribution in [1.29, 1.82) is 0 Å². The van der Waals surface area contributed by atoms with Gasteiger partial charge in [0.1, 0.15) is 5.82 Å². The molecule has 98 valence electrons. The van der Waals surface area contributed by atoms with Gasteiger partial charge in [-0.25, -0.2) is 0 Å². The van der Waals surface area contributed by atoms with E-state index in [1.54, 1.807) is 24.3 Å². The highest BCUT2D eigenvalue weighted by molar-refractivity contribution is 6.03. The molecule has 5 heteroatoms. The van der Waals surface area contributed by atoms with Crippen LogP contribution in [0, 0.1) is 0 Å². The van der Waals surface area contributed by atoms with Gasteiger partial charge in [-0.3, -0.25) is 4.79 Å². The average molecular weight is 256 g/mol. The van der Waals surface area contributed by atoms with E-state index in [2.05, 4.69) is 20.8 Å². The molecule has 0 fully saturated rings. The molecule has 1 aromatic heterocycles. The number of benzene rings is 1. The highest BCUT2D eigenvalue weighted by Crippen LogP contribution is 2.09. The van der Waals surface area contributed by atoms with Crippen LogP contribution in [0.1, 0.15) is 24.2 Å². The van der Waals surface area contributed by atoms with Crippen LogP contribution >= 0.6 is 0 Å². The Hall–Kier alpha value is -2.43. The van der Waals surface area contributed by atoms with E-state index >= 15 is 0 Å². The molecule has 2 aromatic rings. The maximum Gasteiger partial charge on any atom is 0.256 e. The maximum atomic E-state index is 11.9. The lowest BCUT2D eigenvalue weighted by molar-refractivity contribution is 0.102. The van der Waals surface area contributed by atoms with Crippen molar-refractivity contribution in [2.45, 2.75) is 19.9 Å². The molecule has 2 rings (SSSR count). The number of aromatic nitrogens is 2. The molecule has 0 aliphatic carbocycles. The number of nitrogens with zero attached hydrogens (tertiary/aromatic N) is 2. The molecule has 0 unspecified atom stereocenters. The van der Waals surface area contributed by atoms with Gasteiger partial charge < -0.3 is 10.6 Å². The second-order valence-electron chi connectivity index (χ2n) is 4.42. The SMILES string of the molecule is CC(C)Nc1ccc(NC(=O)c2ccccc2)nn1. The van der Waals surface area contributed by atoms with E-state index in [0.717, 1.165) is 0 Å².